The Morgan fingerprint density at radius 3 is 2.48 bits per heavy atom. The molecule has 0 saturated heterocycles. The number of thiazole rings is 1. The van der Waals surface area contributed by atoms with E-state index >= 15 is 0 Å². The van der Waals surface area contributed by atoms with Gasteiger partial charge in [-0.3, -0.25) is 14.4 Å². The molecule has 0 saturated carbocycles. The molecule has 1 heterocycles. The third kappa shape index (κ3) is 8.88. The molecular weight excluding hydrogens is 412 g/mol. The maximum Gasteiger partial charge on any atom is 0.254 e. The fraction of sp³-hybridized carbons (Fsp3) is 0.478. The molecule has 0 fully saturated rings. The van der Waals surface area contributed by atoms with Gasteiger partial charge in [0, 0.05) is 24.0 Å². The number of benzene rings is 1. The van der Waals surface area contributed by atoms with Gasteiger partial charge in [-0.15, -0.1) is 11.3 Å². The Morgan fingerprint density at radius 1 is 1.00 bits per heavy atom. The lowest BCUT2D eigenvalue weighted by Crippen LogP contribution is -2.38. The number of nitrogens with one attached hydrogen (secondary N) is 2. The normalized spacial score (nSPS) is 10.5. The van der Waals surface area contributed by atoms with Crippen molar-refractivity contribution in [3.63, 3.8) is 0 Å². The monoisotopic (exact) mass is 444 g/mol. The third-order valence-corrected chi connectivity index (χ3v) is 5.43. The molecule has 0 aliphatic carbocycles. The third-order valence-electron chi connectivity index (χ3n) is 4.63. The highest BCUT2D eigenvalue weighted by Crippen LogP contribution is 2.16. The molecule has 1 aromatic carbocycles. The van der Waals surface area contributed by atoms with Crippen LogP contribution in [0.1, 0.15) is 62.0 Å². The van der Waals surface area contributed by atoms with Crippen LogP contribution in [0.5, 0.6) is 0 Å². The van der Waals surface area contributed by atoms with E-state index in [1.165, 1.54) is 22.7 Å². The van der Waals surface area contributed by atoms with Crippen LogP contribution in [0.2, 0.25) is 0 Å². The van der Waals surface area contributed by atoms with Gasteiger partial charge in [-0.05, 0) is 25.0 Å². The SMILES string of the molecule is CCCCCCNC(=O)Cc1csc(NC(=O)CN(CCC)C(=O)c2ccccc2)n1. The minimum Gasteiger partial charge on any atom is -0.356 e. The average molecular weight is 445 g/mol. The second kappa shape index (κ2) is 13.5. The summed E-state index contributed by atoms with van der Waals surface area (Å²) in [6.07, 6.45) is 5.38. The van der Waals surface area contributed by atoms with Gasteiger partial charge in [-0.1, -0.05) is 51.3 Å². The van der Waals surface area contributed by atoms with Gasteiger partial charge in [0.1, 0.15) is 6.54 Å². The summed E-state index contributed by atoms with van der Waals surface area (Å²) in [6, 6.07) is 8.93. The van der Waals surface area contributed by atoms with Crippen LogP contribution in [0.15, 0.2) is 35.7 Å². The lowest BCUT2D eigenvalue weighted by Gasteiger charge is -2.21. The molecule has 2 N–H and O–H groups in total. The van der Waals surface area contributed by atoms with Crippen molar-refractivity contribution in [3.05, 3.63) is 47.0 Å². The molecule has 1 aromatic heterocycles. The van der Waals surface area contributed by atoms with E-state index in [-0.39, 0.29) is 30.7 Å². The molecule has 3 amide bonds. The molecule has 8 heteroatoms. The Bertz CT molecular complexity index is 838. The second-order valence-corrected chi connectivity index (χ2v) is 8.23. The lowest BCUT2D eigenvalue weighted by atomic mass is 10.2. The van der Waals surface area contributed by atoms with Crippen molar-refractivity contribution in [2.75, 3.05) is 25.0 Å². The number of carbonyl (C=O) groups is 3. The number of amides is 3. The summed E-state index contributed by atoms with van der Waals surface area (Å²) in [5.74, 6) is -0.547. The molecule has 31 heavy (non-hydrogen) atoms. The quantitative estimate of drug-likeness (QED) is 0.459. The first-order valence-corrected chi connectivity index (χ1v) is 11.8. The minimum atomic E-state index is -0.306. The summed E-state index contributed by atoms with van der Waals surface area (Å²) in [4.78, 5) is 43.0. The molecule has 0 spiro atoms. The number of aromatic nitrogens is 1. The van der Waals surface area contributed by atoms with E-state index in [4.69, 9.17) is 0 Å². The Balaban J connectivity index is 1.83. The van der Waals surface area contributed by atoms with Crippen LogP contribution < -0.4 is 10.6 Å². The number of anilines is 1. The minimum absolute atomic E-state index is 0.0469. The van der Waals surface area contributed by atoms with Crippen molar-refractivity contribution in [1.82, 2.24) is 15.2 Å². The molecular formula is C23H32N4O3S. The Kier molecular flexibility index (Phi) is 10.7. The summed E-state index contributed by atoms with van der Waals surface area (Å²) in [5, 5.41) is 7.84. The van der Waals surface area contributed by atoms with E-state index in [0.29, 0.717) is 29.5 Å². The van der Waals surface area contributed by atoms with Gasteiger partial charge in [0.15, 0.2) is 5.13 Å². The van der Waals surface area contributed by atoms with Gasteiger partial charge in [0.25, 0.3) is 5.91 Å². The van der Waals surface area contributed by atoms with Gasteiger partial charge in [0.2, 0.25) is 11.8 Å². The first-order chi connectivity index (χ1) is 15.0. The molecule has 0 unspecified atom stereocenters. The highest BCUT2D eigenvalue weighted by atomic mass is 32.1. The topological polar surface area (TPSA) is 91.4 Å². The smallest absolute Gasteiger partial charge is 0.254 e. The zero-order valence-corrected chi connectivity index (χ0v) is 19.2. The van der Waals surface area contributed by atoms with E-state index in [0.717, 1.165) is 25.7 Å². The van der Waals surface area contributed by atoms with Crippen LogP contribution >= 0.6 is 11.3 Å². The highest BCUT2D eigenvalue weighted by Gasteiger charge is 2.19. The van der Waals surface area contributed by atoms with Crippen molar-refractivity contribution in [3.8, 4) is 0 Å². The number of rotatable bonds is 13. The summed E-state index contributed by atoms with van der Waals surface area (Å²) >= 11 is 1.27. The standard InChI is InChI=1S/C23H32N4O3S/c1-3-5-6-10-13-24-20(28)15-19-17-31-23(25-19)26-21(29)16-27(14-4-2)22(30)18-11-8-7-9-12-18/h7-9,11-12,17H,3-6,10,13-16H2,1-2H3,(H,24,28)(H,25,26,29). The predicted octanol–water partition coefficient (Wildman–Crippen LogP) is 3.87. The van der Waals surface area contributed by atoms with Crippen LogP contribution in [0.25, 0.3) is 0 Å². The van der Waals surface area contributed by atoms with E-state index in [1.807, 2.05) is 13.0 Å². The maximum absolute atomic E-state index is 12.7. The van der Waals surface area contributed by atoms with E-state index in [9.17, 15) is 14.4 Å². The summed E-state index contributed by atoms with van der Waals surface area (Å²) in [7, 11) is 0. The van der Waals surface area contributed by atoms with Crippen molar-refractivity contribution in [2.24, 2.45) is 0 Å². The molecule has 2 rings (SSSR count). The highest BCUT2D eigenvalue weighted by molar-refractivity contribution is 7.13. The number of hydrogen-bond acceptors (Lipinski definition) is 5. The van der Waals surface area contributed by atoms with E-state index in [2.05, 4.69) is 22.5 Å². The second-order valence-electron chi connectivity index (χ2n) is 7.37. The number of hydrogen-bond donors (Lipinski definition) is 2. The van der Waals surface area contributed by atoms with Crippen LogP contribution in [0.3, 0.4) is 0 Å². The maximum atomic E-state index is 12.7. The Morgan fingerprint density at radius 2 is 1.77 bits per heavy atom. The number of nitrogens with zero attached hydrogens (tertiary/aromatic N) is 2. The molecule has 0 aliphatic rings. The van der Waals surface area contributed by atoms with Crippen LogP contribution in [-0.2, 0) is 16.0 Å². The van der Waals surface area contributed by atoms with E-state index in [1.54, 1.807) is 29.6 Å². The molecule has 2 aromatic rings. The summed E-state index contributed by atoms with van der Waals surface area (Å²) < 4.78 is 0. The Hall–Kier alpha value is -2.74. The fourth-order valence-corrected chi connectivity index (χ4v) is 3.80. The average Bonchev–Trinajstić information content (AvgIpc) is 3.19. The summed E-state index contributed by atoms with van der Waals surface area (Å²) in [5.41, 5.74) is 1.18. The van der Waals surface area contributed by atoms with Gasteiger partial charge < -0.3 is 15.5 Å². The molecule has 0 bridgehead atoms. The van der Waals surface area contributed by atoms with Gasteiger partial charge >= 0.3 is 0 Å². The zero-order chi connectivity index (χ0) is 22.5. The Labute approximate surface area is 188 Å². The van der Waals surface area contributed by atoms with Crippen LogP contribution in [0.4, 0.5) is 5.13 Å². The molecule has 168 valence electrons. The summed E-state index contributed by atoms with van der Waals surface area (Å²) in [6.45, 7) is 5.23. The van der Waals surface area contributed by atoms with Crippen LogP contribution in [0, 0.1) is 0 Å². The first-order valence-electron chi connectivity index (χ1n) is 10.9. The van der Waals surface area contributed by atoms with Gasteiger partial charge in [-0.2, -0.15) is 0 Å². The first kappa shape index (κ1) is 24.5. The number of unbranched alkanes of at least 4 members (excludes halogenated alkanes) is 3. The zero-order valence-electron chi connectivity index (χ0n) is 18.4. The largest absolute Gasteiger partial charge is 0.356 e. The van der Waals surface area contributed by atoms with Gasteiger partial charge in [-0.25, -0.2) is 4.98 Å². The van der Waals surface area contributed by atoms with Crippen molar-refractivity contribution in [1.29, 1.82) is 0 Å². The lowest BCUT2D eigenvalue weighted by molar-refractivity contribution is -0.120. The van der Waals surface area contributed by atoms with Crippen molar-refractivity contribution < 1.29 is 14.4 Å². The predicted molar refractivity (Wildman–Crippen MR) is 124 cm³/mol. The van der Waals surface area contributed by atoms with Crippen LogP contribution in [-0.4, -0.2) is 47.2 Å². The van der Waals surface area contributed by atoms with Gasteiger partial charge in [0.05, 0.1) is 12.1 Å². The molecule has 0 aliphatic heterocycles. The number of carbonyl (C=O) groups excluding carboxylic acids is 3. The molecule has 7 nitrogen and oxygen atoms in total. The van der Waals surface area contributed by atoms with Crippen molar-refractivity contribution in [2.45, 2.75) is 52.4 Å². The van der Waals surface area contributed by atoms with E-state index < -0.39 is 0 Å². The van der Waals surface area contributed by atoms with Crippen molar-refractivity contribution >= 4 is 34.2 Å². The molecule has 0 radical (unpaired) electrons. The molecule has 0 atom stereocenters. The fourth-order valence-electron chi connectivity index (χ4n) is 3.07.